The van der Waals surface area contributed by atoms with Crippen LogP contribution in [0.1, 0.15) is 25.7 Å². The van der Waals surface area contributed by atoms with Gasteiger partial charge >= 0.3 is 0 Å². The molecule has 0 unspecified atom stereocenters. The molecule has 2 bridgehead atoms. The quantitative estimate of drug-likeness (QED) is 0.876. The van der Waals surface area contributed by atoms with Gasteiger partial charge in [0.2, 0.25) is 5.91 Å². The summed E-state index contributed by atoms with van der Waals surface area (Å²) >= 11 is 5.98. The van der Waals surface area contributed by atoms with Crippen molar-refractivity contribution in [2.24, 2.45) is 17.8 Å². The first-order valence-electron chi connectivity index (χ1n) is 6.15. The van der Waals surface area contributed by atoms with Crippen molar-refractivity contribution < 1.29 is 4.79 Å². The third kappa shape index (κ3) is 2.04. The Morgan fingerprint density at radius 1 is 1.41 bits per heavy atom. The number of anilines is 1. The van der Waals surface area contributed by atoms with E-state index in [0.29, 0.717) is 16.8 Å². The van der Waals surface area contributed by atoms with Crippen LogP contribution in [0, 0.1) is 17.8 Å². The average Bonchev–Trinajstić information content (AvgIpc) is 2.94. The number of carbonyl (C=O) groups is 1. The fraction of sp³-hybridized carbons (Fsp3) is 0.538. The monoisotopic (exact) mass is 250 g/mol. The first-order chi connectivity index (χ1) is 8.24. The van der Waals surface area contributed by atoms with Crippen molar-refractivity contribution >= 4 is 23.3 Å². The van der Waals surface area contributed by atoms with E-state index in [1.54, 1.807) is 18.3 Å². The smallest absolute Gasteiger partial charge is 0.228 e. The molecule has 1 aromatic rings. The van der Waals surface area contributed by atoms with Crippen molar-refractivity contribution in [3.8, 4) is 0 Å². The molecule has 1 amide bonds. The molecule has 90 valence electrons. The number of carbonyl (C=O) groups excluding carboxylic acids is 1. The third-order valence-electron chi connectivity index (χ3n) is 4.07. The summed E-state index contributed by atoms with van der Waals surface area (Å²) in [6.45, 7) is 0. The standard InChI is InChI=1S/C13H15ClN2O/c14-11-2-1-5-15-12(11)16-13(17)10-7-8-3-4-9(10)6-8/h1-2,5,8-10H,3-4,6-7H2,(H,15,16,17)/t8-,9+,10+/m1/s1. The third-order valence-corrected chi connectivity index (χ3v) is 4.38. The van der Waals surface area contributed by atoms with Gasteiger partial charge in [-0.3, -0.25) is 4.79 Å². The van der Waals surface area contributed by atoms with Crippen LogP contribution >= 0.6 is 11.6 Å². The number of hydrogen-bond acceptors (Lipinski definition) is 2. The molecule has 0 aliphatic heterocycles. The van der Waals surface area contributed by atoms with Crippen LogP contribution in [0.4, 0.5) is 5.82 Å². The van der Waals surface area contributed by atoms with Crippen LogP contribution in [-0.4, -0.2) is 10.9 Å². The zero-order valence-electron chi connectivity index (χ0n) is 9.53. The Bertz CT molecular complexity index is 449. The Labute approximate surface area is 106 Å². The molecular weight excluding hydrogens is 236 g/mol. The SMILES string of the molecule is O=C(Nc1ncccc1Cl)[C@H]1C[C@@H]2CC[C@H]1C2. The van der Waals surface area contributed by atoms with E-state index < -0.39 is 0 Å². The Balaban J connectivity index is 1.70. The normalized spacial score (nSPS) is 30.5. The number of fused-ring (bicyclic) bond motifs is 2. The lowest BCUT2D eigenvalue weighted by Crippen LogP contribution is -2.27. The van der Waals surface area contributed by atoms with Crippen molar-refractivity contribution in [3.05, 3.63) is 23.4 Å². The molecule has 2 aliphatic rings. The highest BCUT2D eigenvalue weighted by molar-refractivity contribution is 6.33. The van der Waals surface area contributed by atoms with Gasteiger partial charge in [0.15, 0.2) is 5.82 Å². The topological polar surface area (TPSA) is 42.0 Å². The highest BCUT2D eigenvalue weighted by Gasteiger charge is 2.43. The lowest BCUT2D eigenvalue weighted by Gasteiger charge is -2.20. The van der Waals surface area contributed by atoms with Gasteiger partial charge in [-0.05, 0) is 43.2 Å². The maximum atomic E-state index is 12.1. The summed E-state index contributed by atoms with van der Waals surface area (Å²) in [7, 11) is 0. The first-order valence-corrected chi connectivity index (χ1v) is 6.53. The fourth-order valence-electron chi connectivity index (χ4n) is 3.25. The van der Waals surface area contributed by atoms with Crippen LogP contribution in [0.5, 0.6) is 0 Å². The predicted octanol–water partition coefficient (Wildman–Crippen LogP) is 3.11. The summed E-state index contributed by atoms with van der Waals surface area (Å²) < 4.78 is 0. The van der Waals surface area contributed by atoms with Crippen molar-refractivity contribution in [2.45, 2.75) is 25.7 Å². The second kappa shape index (κ2) is 4.30. The summed E-state index contributed by atoms with van der Waals surface area (Å²) in [5.74, 6) is 2.11. The minimum absolute atomic E-state index is 0.0952. The van der Waals surface area contributed by atoms with Gasteiger partial charge in [0.1, 0.15) is 0 Å². The van der Waals surface area contributed by atoms with Crippen LogP contribution < -0.4 is 5.32 Å². The number of nitrogens with zero attached hydrogens (tertiary/aromatic N) is 1. The first kappa shape index (κ1) is 11.0. The maximum Gasteiger partial charge on any atom is 0.228 e. The summed E-state index contributed by atoms with van der Waals surface area (Å²) in [6.07, 6.45) is 6.43. The number of nitrogens with one attached hydrogen (secondary N) is 1. The van der Waals surface area contributed by atoms with Crippen LogP contribution in [0.15, 0.2) is 18.3 Å². The van der Waals surface area contributed by atoms with Gasteiger partial charge in [-0.1, -0.05) is 18.0 Å². The van der Waals surface area contributed by atoms with Crippen LogP contribution in [0.25, 0.3) is 0 Å². The molecule has 2 fully saturated rings. The Morgan fingerprint density at radius 3 is 2.94 bits per heavy atom. The number of rotatable bonds is 2. The lowest BCUT2D eigenvalue weighted by molar-refractivity contribution is -0.121. The van der Waals surface area contributed by atoms with Crippen LogP contribution in [0.3, 0.4) is 0 Å². The number of amides is 1. The van der Waals surface area contributed by atoms with Crippen LogP contribution in [-0.2, 0) is 4.79 Å². The van der Waals surface area contributed by atoms with Crippen LogP contribution in [0.2, 0.25) is 5.02 Å². The molecule has 0 aromatic carbocycles. The zero-order chi connectivity index (χ0) is 11.8. The van der Waals surface area contributed by atoms with E-state index in [1.165, 1.54) is 19.3 Å². The molecule has 0 spiro atoms. The highest BCUT2D eigenvalue weighted by Crippen LogP contribution is 2.48. The molecule has 1 heterocycles. The van der Waals surface area contributed by atoms with E-state index in [9.17, 15) is 4.79 Å². The largest absolute Gasteiger partial charge is 0.309 e. The summed E-state index contributed by atoms with van der Waals surface area (Å²) in [5, 5.41) is 3.36. The lowest BCUT2D eigenvalue weighted by atomic mass is 9.88. The van der Waals surface area contributed by atoms with E-state index in [-0.39, 0.29) is 11.8 Å². The molecule has 0 saturated heterocycles. The summed E-state index contributed by atoms with van der Waals surface area (Å²) in [5.41, 5.74) is 0. The second-order valence-corrected chi connectivity index (χ2v) is 5.51. The molecule has 3 nitrogen and oxygen atoms in total. The predicted molar refractivity (Wildman–Crippen MR) is 66.8 cm³/mol. The van der Waals surface area contributed by atoms with Gasteiger partial charge in [-0.25, -0.2) is 4.98 Å². The molecule has 3 atom stereocenters. The molecule has 1 aromatic heterocycles. The number of halogens is 1. The zero-order valence-corrected chi connectivity index (χ0v) is 10.3. The molecule has 2 saturated carbocycles. The van der Waals surface area contributed by atoms with Crippen molar-refractivity contribution in [3.63, 3.8) is 0 Å². The molecule has 0 radical (unpaired) electrons. The van der Waals surface area contributed by atoms with Gasteiger partial charge in [-0.2, -0.15) is 0 Å². The van der Waals surface area contributed by atoms with Gasteiger partial charge in [-0.15, -0.1) is 0 Å². The molecule has 2 aliphatic carbocycles. The Morgan fingerprint density at radius 2 is 2.29 bits per heavy atom. The van der Waals surface area contributed by atoms with Gasteiger partial charge in [0.25, 0.3) is 0 Å². The van der Waals surface area contributed by atoms with Crippen molar-refractivity contribution in [1.82, 2.24) is 4.98 Å². The minimum Gasteiger partial charge on any atom is -0.309 e. The number of pyridine rings is 1. The second-order valence-electron chi connectivity index (χ2n) is 5.10. The van der Waals surface area contributed by atoms with E-state index >= 15 is 0 Å². The average molecular weight is 251 g/mol. The highest BCUT2D eigenvalue weighted by atomic mass is 35.5. The minimum atomic E-state index is 0.0952. The Kier molecular flexibility index (Phi) is 2.79. The molecule has 3 rings (SSSR count). The maximum absolute atomic E-state index is 12.1. The van der Waals surface area contributed by atoms with Crippen molar-refractivity contribution in [1.29, 1.82) is 0 Å². The fourth-order valence-corrected chi connectivity index (χ4v) is 3.42. The van der Waals surface area contributed by atoms with E-state index in [4.69, 9.17) is 11.6 Å². The van der Waals surface area contributed by atoms with Gasteiger partial charge in [0, 0.05) is 12.1 Å². The molecule has 17 heavy (non-hydrogen) atoms. The number of aromatic nitrogens is 1. The number of hydrogen-bond donors (Lipinski definition) is 1. The summed E-state index contributed by atoms with van der Waals surface area (Å²) in [4.78, 5) is 16.2. The van der Waals surface area contributed by atoms with E-state index in [2.05, 4.69) is 10.3 Å². The molecular formula is C13H15ClN2O. The Hall–Kier alpha value is -1.09. The molecule has 1 N–H and O–H groups in total. The van der Waals surface area contributed by atoms with Gasteiger partial charge < -0.3 is 5.32 Å². The molecule has 4 heteroatoms. The van der Waals surface area contributed by atoms with E-state index in [0.717, 1.165) is 12.3 Å². The van der Waals surface area contributed by atoms with Crippen molar-refractivity contribution in [2.75, 3.05) is 5.32 Å². The van der Waals surface area contributed by atoms with Gasteiger partial charge in [0.05, 0.1) is 5.02 Å². The summed E-state index contributed by atoms with van der Waals surface area (Å²) in [6, 6.07) is 3.50. The van der Waals surface area contributed by atoms with E-state index in [1.807, 2.05) is 0 Å².